The normalized spacial score (nSPS) is 23.6. The Balaban J connectivity index is 2.32. The van der Waals surface area contributed by atoms with Gasteiger partial charge in [0.1, 0.15) is 11.5 Å². The summed E-state index contributed by atoms with van der Waals surface area (Å²) in [5, 5.41) is 34.5. The van der Waals surface area contributed by atoms with Gasteiger partial charge in [0.2, 0.25) is 0 Å². The second-order valence-electron chi connectivity index (χ2n) is 5.26. The number of nitrogens with zero attached hydrogens (tertiary/aromatic N) is 3. The molecule has 1 aromatic heterocycles. The monoisotopic (exact) mass is 295 g/mol. The Hall–Kier alpha value is -2.91. The number of hydrogen-bond acceptors (Lipinski definition) is 4. The number of aliphatic carboxylic acids is 1. The van der Waals surface area contributed by atoms with Gasteiger partial charge in [0.25, 0.3) is 0 Å². The fourth-order valence-corrected chi connectivity index (χ4v) is 2.79. The zero-order valence-electron chi connectivity index (χ0n) is 11.8. The molecular weight excluding hydrogens is 282 g/mol. The highest BCUT2D eigenvalue weighted by Crippen LogP contribution is 2.39. The Morgan fingerprint density at radius 3 is 2.91 bits per heavy atom. The maximum Gasteiger partial charge on any atom is 0.314 e. The van der Waals surface area contributed by atoms with Gasteiger partial charge < -0.3 is 10.2 Å². The van der Waals surface area contributed by atoms with Gasteiger partial charge in [-0.3, -0.25) is 9.48 Å². The van der Waals surface area contributed by atoms with Gasteiger partial charge in [-0.2, -0.15) is 10.4 Å². The van der Waals surface area contributed by atoms with E-state index in [4.69, 9.17) is 0 Å². The van der Waals surface area contributed by atoms with Crippen molar-refractivity contribution in [2.45, 2.75) is 5.60 Å². The molecule has 0 saturated heterocycles. The van der Waals surface area contributed by atoms with Crippen LogP contribution >= 0.6 is 0 Å². The lowest BCUT2D eigenvalue weighted by Crippen LogP contribution is -2.38. The van der Waals surface area contributed by atoms with Crippen LogP contribution in [-0.4, -0.2) is 26.0 Å². The summed E-state index contributed by atoms with van der Waals surface area (Å²) in [6.07, 6.45) is 7.76. The number of benzene rings is 1. The maximum absolute atomic E-state index is 11.5. The van der Waals surface area contributed by atoms with Crippen LogP contribution in [-0.2, 0) is 17.4 Å². The summed E-state index contributed by atoms with van der Waals surface area (Å²) in [6, 6.07) is 5.15. The summed E-state index contributed by atoms with van der Waals surface area (Å²) in [5.41, 5.74) is -0.504. The molecule has 1 aromatic carbocycles. The summed E-state index contributed by atoms with van der Waals surface area (Å²) >= 11 is 0. The lowest BCUT2D eigenvalue weighted by molar-refractivity contribution is -0.146. The SMILES string of the molecule is Cn1cc2c(C3(O)C=CC=CC3C(=O)O)cc(C#N)cc2n1. The third kappa shape index (κ3) is 2.00. The maximum atomic E-state index is 11.5. The standard InChI is InChI=1S/C16H13N3O3/c1-19-9-11-13(6-10(8-17)7-14(11)18-19)16(22)5-3-2-4-12(16)15(20)21/h2-7,9,12,22H,1H3,(H,20,21). The van der Waals surface area contributed by atoms with Crippen molar-refractivity contribution in [1.29, 1.82) is 5.26 Å². The number of aromatic nitrogens is 2. The molecule has 2 atom stereocenters. The minimum atomic E-state index is -1.73. The molecule has 0 bridgehead atoms. The van der Waals surface area contributed by atoms with Gasteiger partial charge in [0, 0.05) is 24.2 Å². The number of aryl methyl sites for hydroxylation is 1. The number of carboxylic acid groups (broad SMARTS) is 1. The van der Waals surface area contributed by atoms with Crippen molar-refractivity contribution in [3.8, 4) is 6.07 Å². The first-order valence-electron chi connectivity index (χ1n) is 6.65. The van der Waals surface area contributed by atoms with Crippen LogP contribution in [0.3, 0.4) is 0 Å². The van der Waals surface area contributed by atoms with Gasteiger partial charge in [-0.15, -0.1) is 0 Å². The molecule has 6 nitrogen and oxygen atoms in total. The Morgan fingerprint density at radius 1 is 1.45 bits per heavy atom. The summed E-state index contributed by atoms with van der Waals surface area (Å²) in [4.78, 5) is 11.5. The smallest absolute Gasteiger partial charge is 0.314 e. The number of carboxylic acids is 1. The van der Waals surface area contributed by atoms with Crippen LogP contribution in [0.1, 0.15) is 11.1 Å². The number of carbonyl (C=O) groups is 1. The molecule has 0 amide bonds. The molecule has 0 aliphatic heterocycles. The molecule has 2 unspecified atom stereocenters. The van der Waals surface area contributed by atoms with E-state index in [1.165, 1.54) is 18.2 Å². The number of fused-ring (bicyclic) bond motifs is 1. The van der Waals surface area contributed by atoms with Crippen molar-refractivity contribution >= 4 is 16.9 Å². The number of aliphatic hydroxyl groups is 1. The highest BCUT2D eigenvalue weighted by Gasteiger charge is 2.42. The molecule has 0 radical (unpaired) electrons. The fourth-order valence-electron chi connectivity index (χ4n) is 2.79. The largest absolute Gasteiger partial charge is 0.481 e. The predicted octanol–water partition coefficient (Wildman–Crippen LogP) is 1.46. The van der Waals surface area contributed by atoms with E-state index in [9.17, 15) is 20.3 Å². The first-order valence-corrected chi connectivity index (χ1v) is 6.65. The molecule has 2 aromatic rings. The van der Waals surface area contributed by atoms with Crippen LogP contribution in [0.4, 0.5) is 0 Å². The fraction of sp³-hybridized carbons (Fsp3) is 0.188. The minimum absolute atomic E-state index is 0.321. The highest BCUT2D eigenvalue weighted by molar-refractivity contribution is 5.86. The zero-order chi connectivity index (χ0) is 15.9. The third-order valence-corrected chi connectivity index (χ3v) is 3.81. The van der Waals surface area contributed by atoms with Crippen LogP contribution in [0.15, 0.2) is 42.6 Å². The lowest BCUT2D eigenvalue weighted by atomic mass is 9.77. The van der Waals surface area contributed by atoms with E-state index >= 15 is 0 Å². The molecular formula is C16H13N3O3. The molecule has 0 saturated carbocycles. The molecule has 22 heavy (non-hydrogen) atoms. The lowest BCUT2D eigenvalue weighted by Gasteiger charge is -2.32. The van der Waals surface area contributed by atoms with Crippen LogP contribution in [0.25, 0.3) is 10.9 Å². The van der Waals surface area contributed by atoms with Crippen molar-refractivity contribution in [3.63, 3.8) is 0 Å². The summed E-state index contributed by atoms with van der Waals surface area (Å²) in [6.45, 7) is 0. The van der Waals surface area contributed by atoms with Crippen LogP contribution < -0.4 is 0 Å². The number of hydrogen-bond donors (Lipinski definition) is 2. The van der Waals surface area contributed by atoms with E-state index in [1.807, 2.05) is 6.07 Å². The Labute approximate surface area is 126 Å². The van der Waals surface area contributed by atoms with Gasteiger partial charge >= 0.3 is 5.97 Å². The third-order valence-electron chi connectivity index (χ3n) is 3.81. The van der Waals surface area contributed by atoms with Crippen molar-refractivity contribution in [1.82, 2.24) is 9.78 Å². The topological polar surface area (TPSA) is 99.1 Å². The first kappa shape index (κ1) is 14.0. The Kier molecular flexibility index (Phi) is 3.08. The van der Waals surface area contributed by atoms with Crippen molar-refractivity contribution in [3.05, 3.63) is 53.8 Å². The van der Waals surface area contributed by atoms with E-state index in [0.29, 0.717) is 22.0 Å². The van der Waals surface area contributed by atoms with Crippen LogP contribution in [0.2, 0.25) is 0 Å². The molecule has 0 spiro atoms. The van der Waals surface area contributed by atoms with Gasteiger partial charge in [-0.05, 0) is 18.2 Å². The van der Waals surface area contributed by atoms with E-state index in [-0.39, 0.29) is 0 Å². The number of rotatable bonds is 2. The van der Waals surface area contributed by atoms with Crippen molar-refractivity contribution < 1.29 is 15.0 Å². The number of allylic oxidation sites excluding steroid dienone is 2. The van der Waals surface area contributed by atoms with E-state index in [1.54, 1.807) is 36.1 Å². The molecule has 1 heterocycles. The summed E-state index contributed by atoms with van der Waals surface area (Å²) < 4.78 is 1.57. The molecule has 6 heteroatoms. The summed E-state index contributed by atoms with van der Waals surface area (Å²) in [7, 11) is 1.73. The number of nitriles is 1. The quantitative estimate of drug-likeness (QED) is 0.873. The van der Waals surface area contributed by atoms with Crippen LogP contribution in [0.5, 0.6) is 0 Å². The van der Waals surface area contributed by atoms with Crippen molar-refractivity contribution in [2.75, 3.05) is 0 Å². The Bertz CT molecular complexity index is 873. The first-order chi connectivity index (χ1) is 10.5. The summed E-state index contributed by atoms with van der Waals surface area (Å²) in [5.74, 6) is -2.27. The Morgan fingerprint density at radius 2 is 2.23 bits per heavy atom. The van der Waals surface area contributed by atoms with Gasteiger partial charge in [-0.1, -0.05) is 18.2 Å². The molecule has 1 aliphatic carbocycles. The van der Waals surface area contributed by atoms with Crippen molar-refractivity contribution in [2.24, 2.45) is 13.0 Å². The average molecular weight is 295 g/mol. The van der Waals surface area contributed by atoms with Gasteiger partial charge in [0.15, 0.2) is 0 Å². The predicted molar refractivity (Wildman–Crippen MR) is 78.7 cm³/mol. The molecule has 110 valence electrons. The molecule has 2 N–H and O–H groups in total. The zero-order valence-corrected chi connectivity index (χ0v) is 11.8. The van der Waals surface area contributed by atoms with Crippen LogP contribution in [0, 0.1) is 17.2 Å². The van der Waals surface area contributed by atoms with E-state index in [0.717, 1.165) is 0 Å². The molecule has 3 rings (SSSR count). The second-order valence-corrected chi connectivity index (χ2v) is 5.26. The highest BCUT2D eigenvalue weighted by atomic mass is 16.4. The van der Waals surface area contributed by atoms with E-state index < -0.39 is 17.5 Å². The average Bonchev–Trinajstić information content (AvgIpc) is 2.86. The van der Waals surface area contributed by atoms with Gasteiger partial charge in [0.05, 0.1) is 17.1 Å². The minimum Gasteiger partial charge on any atom is -0.481 e. The van der Waals surface area contributed by atoms with Gasteiger partial charge in [-0.25, -0.2) is 0 Å². The molecule has 1 aliphatic rings. The second kappa shape index (κ2) is 4.83. The van der Waals surface area contributed by atoms with E-state index in [2.05, 4.69) is 5.10 Å². The molecule has 0 fully saturated rings.